The molecule has 2 rings (SSSR count). The molecule has 0 amide bonds. The van der Waals surface area contributed by atoms with Gasteiger partial charge in [0.25, 0.3) is 0 Å². The van der Waals surface area contributed by atoms with E-state index >= 15 is 0 Å². The van der Waals surface area contributed by atoms with Crippen LogP contribution < -0.4 is 15.4 Å². The molecule has 2 aromatic rings. The second kappa shape index (κ2) is 6.04. The zero-order chi connectivity index (χ0) is 13.8. The SMILES string of the molecule is COc1ccccc1CN(C)c1nc(C)c(CN)s1. The molecule has 0 aliphatic carbocycles. The fourth-order valence-electron chi connectivity index (χ4n) is 1.92. The molecule has 0 spiro atoms. The van der Waals surface area contributed by atoms with Gasteiger partial charge in [-0.2, -0.15) is 0 Å². The summed E-state index contributed by atoms with van der Waals surface area (Å²) in [7, 11) is 3.73. The molecule has 0 saturated carbocycles. The topological polar surface area (TPSA) is 51.4 Å². The molecule has 19 heavy (non-hydrogen) atoms. The average Bonchev–Trinajstić information content (AvgIpc) is 2.80. The largest absolute Gasteiger partial charge is 0.496 e. The zero-order valence-corrected chi connectivity index (χ0v) is 12.3. The van der Waals surface area contributed by atoms with Crippen LogP contribution in [0.5, 0.6) is 5.75 Å². The molecule has 0 radical (unpaired) electrons. The van der Waals surface area contributed by atoms with Gasteiger partial charge in [0.15, 0.2) is 5.13 Å². The smallest absolute Gasteiger partial charge is 0.185 e. The Morgan fingerprint density at radius 2 is 2.11 bits per heavy atom. The van der Waals surface area contributed by atoms with Crippen LogP contribution in [0.2, 0.25) is 0 Å². The Balaban J connectivity index is 2.18. The summed E-state index contributed by atoms with van der Waals surface area (Å²) in [6.07, 6.45) is 0. The molecule has 5 heteroatoms. The Labute approximate surface area is 117 Å². The third kappa shape index (κ3) is 3.05. The van der Waals surface area contributed by atoms with Gasteiger partial charge >= 0.3 is 0 Å². The van der Waals surface area contributed by atoms with Crippen molar-refractivity contribution in [2.24, 2.45) is 5.73 Å². The van der Waals surface area contributed by atoms with Gasteiger partial charge in [-0.15, -0.1) is 11.3 Å². The van der Waals surface area contributed by atoms with E-state index in [-0.39, 0.29) is 0 Å². The van der Waals surface area contributed by atoms with Crippen LogP contribution in [0.25, 0.3) is 0 Å². The number of hydrogen-bond donors (Lipinski definition) is 1. The number of methoxy groups -OCH3 is 1. The van der Waals surface area contributed by atoms with Crippen molar-refractivity contribution >= 4 is 16.5 Å². The molecule has 2 N–H and O–H groups in total. The Morgan fingerprint density at radius 3 is 2.74 bits per heavy atom. The number of hydrogen-bond acceptors (Lipinski definition) is 5. The maximum atomic E-state index is 5.69. The lowest BCUT2D eigenvalue weighted by Gasteiger charge is -2.17. The molecular weight excluding hydrogens is 258 g/mol. The predicted octanol–water partition coefficient (Wildman–Crippen LogP) is 2.56. The molecule has 0 fully saturated rings. The maximum Gasteiger partial charge on any atom is 0.185 e. The van der Waals surface area contributed by atoms with Crippen LogP contribution in [0.1, 0.15) is 16.1 Å². The summed E-state index contributed by atoms with van der Waals surface area (Å²) in [4.78, 5) is 7.82. The van der Waals surface area contributed by atoms with E-state index in [1.165, 1.54) is 0 Å². The Morgan fingerprint density at radius 1 is 1.37 bits per heavy atom. The van der Waals surface area contributed by atoms with Crippen LogP contribution >= 0.6 is 11.3 Å². The summed E-state index contributed by atoms with van der Waals surface area (Å²) >= 11 is 1.65. The summed E-state index contributed by atoms with van der Waals surface area (Å²) in [6.45, 7) is 3.31. The molecule has 0 aliphatic heterocycles. The van der Waals surface area contributed by atoms with Crippen molar-refractivity contribution in [2.75, 3.05) is 19.1 Å². The highest BCUT2D eigenvalue weighted by Crippen LogP contribution is 2.27. The summed E-state index contributed by atoms with van der Waals surface area (Å²) in [5.74, 6) is 0.904. The van der Waals surface area contributed by atoms with Crippen LogP contribution in [-0.4, -0.2) is 19.1 Å². The van der Waals surface area contributed by atoms with Crippen molar-refractivity contribution < 1.29 is 4.74 Å². The van der Waals surface area contributed by atoms with Gasteiger partial charge in [0.1, 0.15) is 5.75 Å². The lowest BCUT2D eigenvalue weighted by Crippen LogP contribution is -2.16. The monoisotopic (exact) mass is 277 g/mol. The van der Waals surface area contributed by atoms with Crippen molar-refractivity contribution in [3.63, 3.8) is 0 Å². The molecule has 0 bridgehead atoms. The molecule has 0 atom stereocenters. The van der Waals surface area contributed by atoms with Gasteiger partial charge < -0.3 is 15.4 Å². The molecule has 1 aromatic heterocycles. The van der Waals surface area contributed by atoms with Gasteiger partial charge in [0, 0.05) is 30.6 Å². The lowest BCUT2D eigenvalue weighted by molar-refractivity contribution is 0.409. The highest BCUT2D eigenvalue weighted by atomic mass is 32.1. The number of aryl methyl sites for hydroxylation is 1. The van der Waals surface area contributed by atoms with Gasteiger partial charge in [-0.3, -0.25) is 0 Å². The average molecular weight is 277 g/mol. The zero-order valence-electron chi connectivity index (χ0n) is 11.5. The van der Waals surface area contributed by atoms with E-state index in [1.807, 2.05) is 32.2 Å². The quantitative estimate of drug-likeness (QED) is 0.912. The van der Waals surface area contributed by atoms with Crippen LogP contribution in [0.3, 0.4) is 0 Å². The molecule has 0 aliphatic rings. The van der Waals surface area contributed by atoms with Crippen LogP contribution in [0, 0.1) is 6.92 Å². The highest BCUT2D eigenvalue weighted by molar-refractivity contribution is 7.15. The number of ether oxygens (including phenoxy) is 1. The maximum absolute atomic E-state index is 5.69. The van der Waals surface area contributed by atoms with E-state index in [4.69, 9.17) is 10.5 Å². The second-order valence-corrected chi connectivity index (χ2v) is 5.44. The minimum Gasteiger partial charge on any atom is -0.496 e. The van der Waals surface area contributed by atoms with Crippen LogP contribution in [0.4, 0.5) is 5.13 Å². The van der Waals surface area contributed by atoms with E-state index in [2.05, 4.69) is 16.0 Å². The number of anilines is 1. The summed E-state index contributed by atoms with van der Waals surface area (Å²) in [5.41, 5.74) is 7.86. The minimum absolute atomic E-state index is 0.548. The third-order valence-electron chi connectivity index (χ3n) is 2.99. The van der Waals surface area contributed by atoms with E-state index in [0.29, 0.717) is 6.54 Å². The van der Waals surface area contributed by atoms with Crippen molar-refractivity contribution in [2.45, 2.75) is 20.0 Å². The van der Waals surface area contributed by atoms with Crippen molar-refractivity contribution in [1.82, 2.24) is 4.98 Å². The number of nitrogens with two attached hydrogens (primary N) is 1. The van der Waals surface area contributed by atoms with E-state index in [1.54, 1.807) is 18.4 Å². The van der Waals surface area contributed by atoms with E-state index in [0.717, 1.165) is 33.6 Å². The minimum atomic E-state index is 0.548. The first kappa shape index (κ1) is 13.8. The number of aromatic nitrogens is 1. The first-order valence-electron chi connectivity index (χ1n) is 6.15. The number of nitrogens with zero attached hydrogens (tertiary/aromatic N) is 2. The second-order valence-electron chi connectivity index (χ2n) is 4.38. The van der Waals surface area contributed by atoms with E-state index in [9.17, 15) is 0 Å². The molecule has 1 aromatic carbocycles. The standard InChI is InChI=1S/C14H19N3OS/c1-10-13(8-15)19-14(16-10)17(2)9-11-6-4-5-7-12(11)18-3/h4-7H,8-9,15H2,1-3H3. The summed E-state index contributed by atoms with van der Waals surface area (Å²) < 4.78 is 5.37. The Kier molecular flexibility index (Phi) is 4.39. The fourth-order valence-corrected chi connectivity index (χ4v) is 2.82. The first-order chi connectivity index (χ1) is 9.15. The van der Waals surface area contributed by atoms with Gasteiger partial charge in [-0.05, 0) is 13.0 Å². The Bertz CT molecular complexity index is 553. The Hall–Kier alpha value is -1.59. The summed E-state index contributed by atoms with van der Waals surface area (Å²) in [5, 5.41) is 0.990. The highest BCUT2D eigenvalue weighted by Gasteiger charge is 2.12. The number of rotatable bonds is 5. The summed E-state index contributed by atoms with van der Waals surface area (Å²) in [6, 6.07) is 8.04. The number of benzene rings is 1. The van der Waals surface area contributed by atoms with Gasteiger partial charge in [0.2, 0.25) is 0 Å². The van der Waals surface area contributed by atoms with Crippen molar-refractivity contribution in [3.8, 4) is 5.75 Å². The van der Waals surface area contributed by atoms with Gasteiger partial charge in [-0.25, -0.2) is 4.98 Å². The number of thiazole rings is 1. The predicted molar refractivity (Wildman–Crippen MR) is 79.8 cm³/mol. The fraction of sp³-hybridized carbons (Fsp3) is 0.357. The van der Waals surface area contributed by atoms with Crippen LogP contribution in [0.15, 0.2) is 24.3 Å². The van der Waals surface area contributed by atoms with Crippen molar-refractivity contribution in [3.05, 3.63) is 40.4 Å². The number of para-hydroxylation sites is 1. The lowest BCUT2D eigenvalue weighted by atomic mass is 10.2. The van der Waals surface area contributed by atoms with Crippen molar-refractivity contribution in [1.29, 1.82) is 0 Å². The molecular formula is C14H19N3OS. The van der Waals surface area contributed by atoms with E-state index < -0.39 is 0 Å². The molecule has 4 nitrogen and oxygen atoms in total. The molecule has 0 saturated heterocycles. The van der Waals surface area contributed by atoms with Crippen LogP contribution in [-0.2, 0) is 13.1 Å². The van der Waals surface area contributed by atoms with Gasteiger partial charge in [0.05, 0.1) is 12.8 Å². The normalized spacial score (nSPS) is 10.5. The van der Waals surface area contributed by atoms with Gasteiger partial charge in [-0.1, -0.05) is 18.2 Å². The molecule has 0 unspecified atom stereocenters. The first-order valence-corrected chi connectivity index (χ1v) is 6.96. The molecule has 102 valence electrons. The molecule has 1 heterocycles. The third-order valence-corrected chi connectivity index (χ3v) is 4.29.